The normalized spacial score (nSPS) is 10.4. The fraction of sp³-hybridized carbons (Fsp3) is 0.231. The molecule has 0 bridgehead atoms. The van der Waals surface area contributed by atoms with Gasteiger partial charge < -0.3 is 4.74 Å². The summed E-state index contributed by atoms with van der Waals surface area (Å²) >= 11 is 0. The number of hydrogen-bond donors (Lipinski definition) is 0. The van der Waals surface area contributed by atoms with Gasteiger partial charge in [0.25, 0.3) is 0 Å². The monoisotopic (exact) mass is 215 g/mol. The molecule has 0 amide bonds. The fourth-order valence-electron chi connectivity index (χ4n) is 1.63. The van der Waals surface area contributed by atoms with Crippen LogP contribution in [0.4, 0.5) is 0 Å². The molecule has 0 aliphatic heterocycles. The predicted molar refractivity (Wildman–Crippen MR) is 62.5 cm³/mol. The lowest BCUT2D eigenvalue weighted by atomic mass is 10.1. The molecule has 1 aromatic heterocycles. The Labute approximate surface area is 94.1 Å². The van der Waals surface area contributed by atoms with Crippen LogP contribution in [0, 0.1) is 0 Å². The number of rotatable bonds is 2. The highest BCUT2D eigenvalue weighted by Crippen LogP contribution is 2.16. The average Bonchev–Trinajstić information content (AvgIpc) is 2.36. The van der Waals surface area contributed by atoms with E-state index in [1.807, 2.05) is 18.2 Å². The summed E-state index contributed by atoms with van der Waals surface area (Å²) in [6.45, 7) is 2.10. The van der Waals surface area contributed by atoms with Crippen molar-refractivity contribution in [2.75, 3.05) is 7.11 Å². The van der Waals surface area contributed by atoms with Gasteiger partial charge in [-0.3, -0.25) is 4.98 Å². The molecule has 1 aromatic carbocycles. The maximum absolute atomic E-state index is 11.3. The molecule has 2 rings (SSSR count). The highest BCUT2D eigenvalue weighted by Gasteiger charge is 2.06. The number of nitrogens with zero attached hydrogens (tertiary/aromatic N) is 1. The Hall–Kier alpha value is -1.90. The van der Waals surface area contributed by atoms with Crippen molar-refractivity contribution in [2.45, 2.75) is 13.3 Å². The molecule has 0 unspecified atom stereocenters. The van der Waals surface area contributed by atoms with Crippen molar-refractivity contribution in [3.05, 3.63) is 41.6 Å². The van der Waals surface area contributed by atoms with Gasteiger partial charge in [0, 0.05) is 11.6 Å². The van der Waals surface area contributed by atoms with Gasteiger partial charge in [0.05, 0.1) is 18.2 Å². The molecular weight excluding hydrogens is 202 g/mol. The molecule has 1 heterocycles. The van der Waals surface area contributed by atoms with Gasteiger partial charge in [-0.05, 0) is 30.2 Å². The van der Waals surface area contributed by atoms with Crippen LogP contribution in [0.3, 0.4) is 0 Å². The first-order chi connectivity index (χ1) is 7.74. The number of carbonyl (C=O) groups excluding carboxylic acids is 1. The molecule has 0 saturated heterocycles. The van der Waals surface area contributed by atoms with Crippen LogP contribution in [0.25, 0.3) is 10.9 Å². The molecule has 16 heavy (non-hydrogen) atoms. The van der Waals surface area contributed by atoms with Crippen LogP contribution in [-0.2, 0) is 11.2 Å². The number of carbonyl (C=O) groups is 1. The number of benzene rings is 1. The van der Waals surface area contributed by atoms with Crippen LogP contribution in [0.5, 0.6) is 0 Å². The molecule has 0 N–H and O–H groups in total. The molecule has 0 aliphatic rings. The van der Waals surface area contributed by atoms with Crippen molar-refractivity contribution in [1.82, 2.24) is 4.98 Å². The maximum atomic E-state index is 11.3. The number of aryl methyl sites for hydroxylation is 1. The third-order valence-corrected chi connectivity index (χ3v) is 2.58. The van der Waals surface area contributed by atoms with Crippen LogP contribution in [0.15, 0.2) is 30.5 Å². The van der Waals surface area contributed by atoms with E-state index in [1.54, 1.807) is 6.20 Å². The highest BCUT2D eigenvalue weighted by atomic mass is 16.5. The highest BCUT2D eigenvalue weighted by molar-refractivity contribution is 5.93. The molecular formula is C13H13NO2. The third kappa shape index (κ3) is 1.89. The van der Waals surface area contributed by atoms with E-state index >= 15 is 0 Å². The molecule has 3 nitrogen and oxygen atoms in total. The Morgan fingerprint density at radius 2 is 2.19 bits per heavy atom. The van der Waals surface area contributed by atoms with Crippen molar-refractivity contribution in [3.8, 4) is 0 Å². The van der Waals surface area contributed by atoms with E-state index < -0.39 is 0 Å². The number of hydrogen-bond acceptors (Lipinski definition) is 3. The Kier molecular flexibility index (Phi) is 2.86. The van der Waals surface area contributed by atoms with E-state index in [0.29, 0.717) is 5.56 Å². The lowest BCUT2D eigenvalue weighted by Gasteiger charge is -2.03. The smallest absolute Gasteiger partial charge is 0.339 e. The van der Waals surface area contributed by atoms with Gasteiger partial charge in [-0.25, -0.2) is 4.79 Å². The van der Waals surface area contributed by atoms with Gasteiger partial charge in [-0.1, -0.05) is 13.0 Å². The molecule has 0 fully saturated rings. The first kappa shape index (κ1) is 10.6. The lowest BCUT2D eigenvalue weighted by molar-refractivity contribution is 0.0600. The Bertz CT molecular complexity index is 534. The van der Waals surface area contributed by atoms with Crippen LogP contribution in [0.2, 0.25) is 0 Å². The second-order valence-electron chi connectivity index (χ2n) is 3.60. The molecule has 3 heteroatoms. The molecule has 0 aliphatic carbocycles. The van der Waals surface area contributed by atoms with Crippen molar-refractivity contribution in [3.63, 3.8) is 0 Å². The minimum atomic E-state index is -0.351. The maximum Gasteiger partial charge on any atom is 0.339 e. The summed E-state index contributed by atoms with van der Waals surface area (Å²) < 4.78 is 4.66. The molecule has 2 aromatic rings. The minimum Gasteiger partial charge on any atom is -0.465 e. The van der Waals surface area contributed by atoms with Gasteiger partial charge in [0.15, 0.2) is 0 Å². The predicted octanol–water partition coefficient (Wildman–Crippen LogP) is 2.58. The first-order valence-electron chi connectivity index (χ1n) is 5.21. The average molecular weight is 215 g/mol. The van der Waals surface area contributed by atoms with Crippen LogP contribution in [0.1, 0.15) is 22.8 Å². The van der Waals surface area contributed by atoms with Crippen molar-refractivity contribution in [2.24, 2.45) is 0 Å². The quantitative estimate of drug-likeness (QED) is 0.723. The third-order valence-electron chi connectivity index (χ3n) is 2.58. The van der Waals surface area contributed by atoms with E-state index in [0.717, 1.165) is 17.3 Å². The van der Waals surface area contributed by atoms with Gasteiger partial charge in [-0.15, -0.1) is 0 Å². The Morgan fingerprint density at radius 1 is 1.38 bits per heavy atom. The second kappa shape index (κ2) is 4.31. The molecule has 0 saturated carbocycles. The SMILES string of the molecule is CCc1ccc2ncc(C(=O)OC)cc2c1. The summed E-state index contributed by atoms with van der Waals surface area (Å²) in [7, 11) is 1.37. The number of ether oxygens (including phenoxy) is 1. The lowest BCUT2D eigenvalue weighted by Crippen LogP contribution is -2.01. The van der Waals surface area contributed by atoms with E-state index in [2.05, 4.69) is 22.7 Å². The Balaban J connectivity index is 2.54. The zero-order valence-electron chi connectivity index (χ0n) is 9.36. The standard InChI is InChI=1S/C13H13NO2/c1-3-9-4-5-12-10(6-9)7-11(8-14-12)13(15)16-2/h4-8H,3H2,1-2H3. The number of methoxy groups -OCH3 is 1. The van der Waals surface area contributed by atoms with Crippen LogP contribution in [-0.4, -0.2) is 18.1 Å². The van der Waals surface area contributed by atoms with Crippen molar-refractivity contribution < 1.29 is 9.53 Å². The van der Waals surface area contributed by atoms with E-state index in [-0.39, 0.29) is 5.97 Å². The summed E-state index contributed by atoms with van der Waals surface area (Å²) in [5.74, 6) is -0.351. The summed E-state index contributed by atoms with van der Waals surface area (Å²) in [5.41, 5.74) is 2.62. The van der Waals surface area contributed by atoms with Gasteiger partial charge in [0.1, 0.15) is 0 Å². The van der Waals surface area contributed by atoms with Crippen molar-refractivity contribution >= 4 is 16.9 Å². The first-order valence-corrected chi connectivity index (χ1v) is 5.21. The number of aromatic nitrogens is 1. The number of fused-ring (bicyclic) bond motifs is 1. The second-order valence-corrected chi connectivity index (χ2v) is 3.60. The minimum absolute atomic E-state index is 0.351. The van der Waals surface area contributed by atoms with E-state index in [1.165, 1.54) is 12.7 Å². The topological polar surface area (TPSA) is 39.2 Å². The summed E-state index contributed by atoms with van der Waals surface area (Å²) in [5, 5.41) is 0.974. The van der Waals surface area contributed by atoms with Gasteiger partial charge in [0.2, 0.25) is 0 Å². The molecule has 0 spiro atoms. The van der Waals surface area contributed by atoms with Gasteiger partial charge >= 0.3 is 5.97 Å². The van der Waals surface area contributed by atoms with Crippen LogP contribution >= 0.6 is 0 Å². The molecule has 82 valence electrons. The number of esters is 1. The van der Waals surface area contributed by atoms with Crippen LogP contribution < -0.4 is 0 Å². The zero-order chi connectivity index (χ0) is 11.5. The zero-order valence-corrected chi connectivity index (χ0v) is 9.36. The largest absolute Gasteiger partial charge is 0.465 e. The summed E-state index contributed by atoms with van der Waals surface area (Å²) in [6, 6.07) is 7.88. The Morgan fingerprint density at radius 3 is 2.88 bits per heavy atom. The fourth-order valence-corrected chi connectivity index (χ4v) is 1.63. The summed E-state index contributed by atoms with van der Waals surface area (Å²) in [6.07, 6.45) is 2.51. The van der Waals surface area contributed by atoms with E-state index in [9.17, 15) is 4.79 Å². The van der Waals surface area contributed by atoms with Gasteiger partial charge in [-0.2, -0.15) is 0 Å². The molecule has 0 atom stereocenters. The molecule has 0 radical (unpaired) electrons. The van der Waals surface area contributed by atoms with Crippen molar-refractivity contribution in [1.29, 1.82) is 0 Å². The summed E-state index contributed by atoms with van der Waals surface area (Å²) in [4.78, 5) is 15.6. The van der Waals surface area contributed by atoms with E-state index in [4.69, 9.17) is 0 Å². The number of pyridine rings is 1.